The lowest BCUT2D eigenvalue weighted by Gasteiger charge is -2.04. The zero-order valence-corrected chi connectivity index (χ0v) is 11.5. The van der Waals surface area contributed by atoms with Gasteiger partial charge in [-0.25, -0.2) is 4.39 Å². The maximum Gasteiger partial charge on any atom is 0.143 e. The van der Waals surface area contributed by atoms with Crippen LogP contribution in [-0.4, -0.2) is 5.84 Å². The first-order chi connectivity index (χ1) is 9.65. The number of hydrogen-bond donors (Lipinski definition) is 1. The van der Waals surface area contributed by atoms with Crippen LogP contribution in [0, 0.1) is 5.82 Å². The van der Waals surface area contributed by atoms with Gasteiger partial charge in [-0.3, -0.25) is 0 Å². The summed E-state index contributed by atoms with van der Waals surface area (Å²) < 4.78 is 12.7. The zero-order valence-electron chi connectivity index (χ0n) is 10.7. The molecule has 0 aromatic heterocycles. The molecular weight excluding hydrogens is 279 g/mol. The maximum atomic E-state index is 12.7. The molecule has 0 saturated heterocycles. The molecule has 2 rings (SSSR count). The Morgan fingerprint density at radius 1 is 1.15 bits per heavy atom. The number of hydrogen-bond acceptors (Lipinski definition) is 2. The van der Waals surface area contributed by atoms with Crippen LogP contribution in [-0.2, 0) is 17.9 Å². The van der Waals surface area contributed by atoms with E-state index in [-0.39, 0.29) is 12.4 Å². The minimum atomic E-state index is -0.282. The van der Waals surface area contributed by atoms with Crippen molar-refractivity contribution < 1.29 is 9.23 Å². The Labute approximate surface area is 121 Å². The summed E-state index contributed by atoms with van der Waals surface area (Å²) in [6.45, 7) is 0.240. The van der Waals surface area contributed by atoms with Crippen molar-refractivity contribution in [3.8, 4) is 0 Å². The number of amidine groups is 1. The first kappa shape index (κ1) is 14.3. The number of oxime groups is 1. The van der Waals surface area contributed by atoms with E-state index in [0.717, 1.165) is 11.1 Å². The maximum absolute atomic E-state index is 12.7. The first-order valence-electron chi connectivity index (χ1n) is 6.07. The van der Waals surface area contributed by atoms with E-state index in [1.807, 2.05) is 18.2 Å². The second-order valence-corrected chi connectivity index (χ2v) is 4.66. The van der Waals surface area contributed by atoms with Gasteiger partial charge in [0.05, 0.1) is 0 Å². The number of nitrogens with zero attached hydrogens (tertiary/aromatic N) is 1. The predicted molar refractivity (Wildman–Crippen MR) is 78.0 cm³/mol. The van der Waals surface area contributed by atoms with Crippen LogP contribution in [0.4, 0.5) is 4.39 Å². The fourth-order valence-corrected chi connectivity index (χ4v) is 1.84. The number of benzene rings is 2. The lowest BCUT2D eigenvalue weighted by atomic mass is 10.1. The predicted octanol–water partition coefficient (Wildman–Crippen LogP) is 3.51. The lowest BCUT2D eigenvalue weighted by Crippen LogP contribution is -2.15. The second kappa shape index (κ2) is 6.91. The van der Waals surface area contributed by atoms with Crippen molar-refractivity contribution in [3.05, 3.63) is 70.5 Å². The third-order valence-corrected chi connectivity index (χ3v) is 3.02. The fourth-order valence-electron chi connectivity index (χ4n) is 1.64. The third kappa shape index (κ3) is 4.24. The van der Waals surface area contributed by atoms with Crippen LogP contribution >= 0.6 is 11.6 Å². The molecule has 0 spiro atoms. The van der Waals surface area contributed by atoms with Crippen LogP contribution in [0.1, 0.15) is 11.1 Å². The third-order valence-electron chi connectivity index (χ3n) is 2.66. The molecule has 0 unspecified atom stereocenters. The Morgan fingerprint density at radius 2 is 1.85 bits per heavy atom. The second-order valence-electron chi connectivity index (χ2n) is 4.25. The Bertz CT molecular complexity index is 599. The van der Waals surface area contributed by atoms with Gasteiger partial charge in [-0.15, -0.1) is 0 Å². The normalized spacial score (nSPS) is 11.4. The van der Waals surface area contributed by atoms with Gasteiger partial charge in [0.25, 0.3) is 0 Å². The highest BCUT2D eigenvalue weighted by Gasteiger charge is 2.02. The van der Waals surface area contributed by atoms with Gasteiger partial charge in [0, 0.05) is 11.4 Å². The van der Waals surface area contributed by atoms with E-state index in [2.05, 4.69) is 5.16 Å². The zero-order chi connectivity index (χ0) is 14.4. The van der Waals surface area contributed by atoms with Crippen LogP contribution in [0.2, 0.25) is 5.02 Å². The molecule has 0 fully saturated rings. The van der Waals surface area contributed by atoms with Gasteiger partial charge in [0.1, 0.15) is 18.3 Å². The molecule has 0 amide bonds. The lowest BCUT2D eigenvalue weighted by molar-refractivity contribution is 0.129. The number of nitrogens with two attached hydrogens (primary N) is 1. The quantitative estimate of drug-likeness (QED) is 0.521. The highest BCUT2D eigenvalue weighted by Crippen LogP contribution is 2.15. The SMILES string of the molecule is N/C(Cc1ccccc1Cl)=N\OCc1ccc(F)cc1. The van der Waals surface area contributed by atoms with Crippen LogP contribution in [0.25, 0.3) is 0 Å². The van der Waals surface area contributed by atoms with Gasteiger partial charge in [0.2, 0.25) is 0 Å². The van der Waals surface area contributed by atoms with Crippen LogP contribution in [0.5, 0.6) is 0 Å². The first-order valence-corrected chi connectivity index (χ1v) is 6.45. The van der Waals surface area contributed by atoms with E-state index in [9.17, 15) is 4.39 Å². The molecule has 2 N–H and O–H groups in total. The summed E-state index contributed by atoms with van der Waals surface area (Å²) in [7, 11) is 0. The van der Waals surface area contributed by atoms with E-state index >= 15 is 0 Å². The molecule has 0 aliphatic carbocycles. The van der Waals surface area contributed by atoms with E-state index in [0.29, 0.717) is 17.3 Å². The minimum Gasteiger partial charge on any atom is -0.390 e. The molecule has 2 aromatic carbocycles. The van der Waals surface area contributed by atoms with E-state index in [4.69, 9.17) is 22.2 Å². The smallest absolute Gasteiger partial charge is 0.143 e. The summed E-state index contributed by atoms with van der Waals surface area (Å²) in [5, 5.41) is 4.46. The molecule has 0 aliphatic heterocycles. The topological polar surface area (TPSA) is 47.6 Å². The number of halogens is 2. The Balaban J connectivity index is 1.88. The summed E-state index contributed by atoms with van der Waals surface area (Å²) in [6.07, 6.45) is 0.420. The Morgan fingerprint density at radius 3 is 2.55 bits per heavy atom. The van der Waals surface area contributed by atoms with E-state index < -0.39 is 0 Å². The monoisotopic (exact) mass is 292 g/mol. The molecule has 0 radical (unpaired) electrons. The summed E-state index contributed by atoms with van der Waals surface area (Å²) in [6, 6.07) is 13.4. The molecule has 5 heteroatoms. The molecule has 0 bridgehead atoms. The van der Waals surface area contributed by atoms with Crippen molar-refractivity contribution in [3.63, 3.8) is 0 Å². The average Bonchev–Trinajstić information content (AvgIpc) is 2.44. The van der Waals surface area contributed by atoms with Crippen LogP contribution < -0.4 is 5.73 Å². The van der Waals surface area contributed by atoms with Crippen molar-refractivity contribution in [2.75, 3.05) is 0 Å². The van der Waals surface area contributed by atoms with E-state index in [1.165, 1.54) is 12.1 Å². The highest BCUT2D eigenvalue weighted by molar-refractivity contribution is 6.31. The van der Waals surface area contributed by atoms with Gasteiger partial charge in [0.15, 0.2) is 0 Å². The molecule has 0 atom stereocenters. The van der Waals surface area contributed by atoms with Gasteiger partial charge in [-0.1, -0.05) is 47.1 Å². The van der Waals surface area contributed by atoms with Crippen LogP contribution in [0.15, 0.2) is 53.7 Å². The Hall–Kier alpha value is -2.07. The van der Waals surface area contributed by atoms with Crippen molar-refractivity contribution in [1.29, 1.82) is 0 Å². The van der Waals surface area contributed by atoms with E-state index in [1.54, 1.807) is 18.2 Å². The number of rotatable bonds is 5. The average molecular weight is 293 g/mol. The van der Waals surface area contributed by atoms with Gasteiger partial charge in [-0.2, -0.15) is 0 Å². The highest BCUT2D eigenvalue weighted by atomic mass is 35.5. The summed E-state index contributed by atoms with van der Waals surface area (Å²) in [5.74, 6) is 0.0516. The molecule has 2 aromatic rings. The van der Waals surface area contributed by atoms with Crippen molar-refractivity contribution >= 4 is 17.4 Å². The molecule has 0 heterocycles. The van der Waals surface area contributed by atoms with Gasteiger partial charge in [-0.05, 0) is 29.3 Å². The van der Waals surface area contributed by atoms with Crippen molar-refractivity contribution in [2.24, 2.45) is 10.9 Å². The van der Waals surface area contributed by atoms with Crippen LogP contribution in [0.3, 0.4) is 0 Å². The molecule has 0 saturated carbocycles. The Kier molecular flexibility index (Phi) is 4.96. The molecule has 20 heavy (non-hydrogen) atoms. The molecule has 104 valence electrons. The minimum absolute atomic E-state index is 0.240. The fraction of sp³-hybridized carbons (Fsp3) is 0.133. The molecule has 3 nitrogen and oxygen atoms in total. The van der Waals surface area contributed by atoms with Crippen molar-refractivity contribution in [1.82, 2.24) is 0 Å². The summed E-state index contributed by atoms with van der Waals surface area (Å²) in [5.41, 5.74) is 7.48. The summed E-state index contributed by atoms with van der Waals surface area (Å²) in [4.78, 5) is 5.13. The van der Waals surface area contributed by atoms with Crippen molar-refractivity contribution in [2.45, 2.75) is 13.0 Å². The largest absolute Gasteiger partial charge is 0.390 e. The standard InChI is InChI=1S/C15H14ClFN2O/c16-14-4-2-1-3-12(14)9-15(18)19-20-10-11-5-7-13(17)8-6-11/h1-8H,9-10H2,(H2,18,19). The molecular formula is C15H14ClFN2O. The van der Waals surface area contributed by atoms with Gasteiger partial charge < -0.3 is 10.6 Å². The summed E-state index contributed by atoms with van der Waals surface area (Å²) >= 11 is 6.03. The molecule has 0 aliphatic rings. The van der Waals surface area contributed by atoms with Gasteiger partial charge >= 0.3 is 0 Å².